The maximum atomic E-state index is 5.48. The molecule has 1 rings (SSSR count). The Bertz CT molecular complexity index is 379. The molecule has 1 aromatic rings. The third-order valence-electron chi connectivity index (χ3n) is 3.46. The molecule has 0 saturated carbocycles. The SMILES string of the molecule is CCCNC(CCC(C)(C)OC)c1ccc(OC)nn1. The molecule has 0 aromatic carbocycles. The molecular formula is C15H27N3O2. The third kappa shape index (κ3) is 5.43. The molecule has 5 nitrogen and oxygen atoms in total. The molecule has 0 aliphatic carbocycles. The summed E-state index contributed by atoms with van der Waals surface area (Å²) in [7, 11) is 3.35. The summed E-state index contributed by atoms with van der Waals surface area (Å²) in [6.07, 6.45) is 3.01. The first-order valence-electron chi connectivity index (χ1n) is 7.18. The third-order valence-corrected chi connectivity index (χ3v) is 3.46. The zero-order valence-corrected chi connectivity index (χ0v) is 13.3. The summed E-state index contributed by atoms with van der Waals surface area (Å²) in [5, 5.41) is 11.8. The summed E-state index contributed by atoms with van der Waals surface area (Å²) in [6.45, 7) is 7.32. The van der Waals surface area contributed by atoms with E-state index in [2.05, 4.69) is 36.3 Å². The first kappa shape index (κ1) is 16.9. The van der Waals surface area contributed by atoms with Gasteiger partial charge in [0.2, 0.25) is 5.88 Å². The second-order valence-corrected chi connectivity index (χ2v) is 5.51. The van der Waals surface area contributed by atoms with Crippen LogP contribution in [0.5, 0.6) is 5.88 Å². The summed E-state index contributed by atoms with van der Waals surface area (Å²) in [6, 6.07) is 4.02. The second kappa shape index (κ2) is 8.17. The number of nitrogens with one attached hydrogen (secondary N) is 1. The van der Waals surface area contributed by atoms with Crippen LogP contribution in [-0.2, 0) is 4.74 Å². The van der Waals surface area contributed by atoms with Crippen molar-refractivity contribution < 1.29 is 9.47 Å². The zero-order chi connectivity index (χ0) is 15.0. The summed E-state index contributed by atoms with van der Waals surface area (Å²) in [4.78, 5) is 0. The molecule has 1 N–H and O–H groups in total. The van der Waals surface area contributed by atoms with Crippen LogP contribution < -0.4 is 10.1 Å². The van der Waals surface area contributed by atoms with E-state index in [0.29, 0.717) is 5.88 Å². The van der Waals surface area contributed by atoms with E-state index >= 15 is 0 Å². The van der Waals surface area contributed by atoms with Crippen molar-refractivity contribution in [3.05, 3.63) is 17.8 Å². The van der Waals surface area contributed by atoms with Crippen molar-refractivity contribution in [2.75, 3.05) is 20.8 Å². The lowest BCUT2D eigenvalue weighted by molar-refractivity contribution is 0.0115. The van der Waals surface area contributed by atoms with Crippen LogP contribution in [0.2, 0.25) is 0 Å². The number of nitrogens with zero attached hydrogens (tertiary/aromatic N) is 2. The van der Waals surface area contributed by atoms with Gasteiger partial charge in [-0.25, -0.2) is 0 Å². The van der Waals surface area contributed by atoms with Crippen molar-refractivity contribution >= 4 is 0 Å². The fourth-order valence-electron chi connectivity index (χ4n) is 1.89. The van der Waals surface area contributed by atoms with Crippen LogP contribution in [0.15, 0.2) is 12.1 Å². The van der Waals surface area contributed by atoms with Gasteiger partial charge in [0, 0.05) is 13.2 Å². The fraction of sp³-hybridized carbons (Fsp3) is 0.733. The van der Waals surface area contributed by atoms with Crippen LogP contribution in [0.4, 0.5) is 0 Å². The molecule has 0 saturated heterocycles. The van der Waals surface area contributed by atoms with Gasteiger partial charge in [0.1, 0.15) is 0 Å². The molecule has 0 amide bonds. The summed E-state index contributed by atoms with van der Waals surface area (Å²) < 4.78 is 10.5. The van der Waals surface area contributed by atoms with Crippen LogP contribution in [0.1, 0.15) is 51.8 Å². The largest absolute Gasteiger partial charge is 0.480 e. The van der Waals surface area contributed by atoms with Crippen molar-refractivity contribution in [2.45, 2.75) is 51.7 Å². The highest BCUT2D eigenvalue weighted by molar-refractivity contribution is 5.14. The van der Waals surface area contributed by atoms with Crippen molar-refractivity contribution in [2.24, 2.45) is 0 Å². The van der Waals surface area contributed by atoms with Gasteiger partial charge >= 0.3 is 0 Å². The Balaban J connectivity index is 2.71. The Kier molecular flexibility index (Phi) is 6.88. The Morgan fingerprint density at radius 2 is 2.00 bits per heavy atom. The highest BCUT2D eigenvalue weighted by Crippen LogP contribution is 2.23. The van der Waals surface area contributed by atoms with Gasteiger partial charge in [-0.15, -0.1) is 5.10 Å². The average molecular weight is 281 g/mol. The van der Waals surface area contributed by atoms with Crippen molar-refractivity contribution in [3.63, 3.8) is 0 Å². The molecule has 0 spiro atoms. The van der Waals surface area contributed by atoms with Gasteiger partial charge in [-0.1, -0.05) is 6.92 Å². The molecule has 0 radical (unpaired) electrons. The van der Waals surface area contributed by atoms with Crippen molar-refractivity contribution in [3.8, 4) is 5.88 Å². The number of hydrogen-bond donors (Lipinski definition) is 1. The van der Waals surface area contributed by atoms with E-state index in [1.807, 2.05) is 12.1 Å². The molecule has 1 atom stereocenters. The summed E-state index contributed by atoms with van der Waals surface area (Å²) >= 11 is 0. The molecule has 1 unspecified atom stereocenters. The molecule has 1 aromatic heterocycles. The highest BCUT2D eigenvalue weighted by atomic mass is 16.5. The van der Waals surface area contributed by atoms with Gasteiger partial charge in [0.15, 0.2) is 0 Å². The van der Waals surface area contributed by atoms with Crippen LogP contribution >= 0.6 is 0 Å². The monoisotopic (exact) mass is 281 g/mol. The minimum atomic E-state index is -0.119. The molecule has 20 heavy (non-hydrogen) atoms. The second-order valence-electron chi connectivity index (χ2n) is 5.51. The standard InChI is InChI=1S/C15H27N3O2/c1-6-11-16-12(9-10-15(2,3)20-5)13-7-8-14(19-4)18-17-13/h7-8,12,16H,6,9-11H2,1-5H3. The predicted molar refractivity (Wildman–Crippen MR) is 79.9 cm³/mol. The Labute approximate surface area is 122 Å². The van der Waals surface area contributed by atoms with Gasteiger partial charge < -0.3 is 14.8 Å². The molecule has 0 aliphatic rings. The molecule has 1 heterocycles. The highest BCUT2D eigenvalue weighted by Gasteiger charge is 2.21. The molecule has 114 valence electrons. The lowest BCUT2D eigenvalue weighted by atomic mass is 9.97. The van der Waals surface area contributed by atoms with Crippen LogP contribution in [0, 0.1) is 0 Å². The first-order chi connectivity index (χ1) is 9.52. The zero-order valence-electron chi connectivity index (χ0n) is 13.3. The summed E-state index contributed by atoms with van der Waals surface area (Å²) in [5.41, 5.74) is 0.831. The smallest absolute Gasteiger partial charge is 0.233 e. The van der Waals surface area contributed by atoms with Crippen LogP contribution in [0.25, 0.3) is 0 Å². The fourth-order valence-corrected chi connectivity index (χ4v) is 1.89. The van der Waals surface area contributed by atoms with E-state index in [1.54, 1.807) is 14.2 Å². The minimum Gasteiger partial charge on any atom is -0.480 e. The van der Waals surface area contributed by atoms with Crippen LogP contribution in [0.3, 0.4) is 0 Å². The van der Waals surface area contributed by atoms with Gasteiger partial charge in [-0.2, -0.15) is 5.10 Å². The lowest BCUT2D eigenvalue weighted by Gasteiger charge is -2.26. The Morgan fingerprint density at radius 3 is 2.50 bits per heavy atom. The van der Waals surface area contributed by atoms with E-state index in [0.717, 1.165) is 31.5 Å². The maximum Gasteiger partial charge on any atom is 0.233 e. The quantitative estimate of drug-likeness (QED) is 0.754. The number of methoxy groups -OCH3 is 2. The number of hydrogen-bond acceptors (Lipinski definition) is 5. The Hall–Kier alpha value is -1.20. The van der Waals surface area contributed by atoms with Gasteiger partial charge in [0.05, 0.1) is 24.4 Å². The van der Waals surface area contributed by atoms with Gasteiger partial charge in [0.25, 0.3) is 0 Å². The van der Waals surface area contributed by atoms with E-state index in [-0.39, 0.29) is 11.6 Å². The lowest BCUT2D eigenvalue weighted by Crippen LogP contribution is -2.28. The molecule has 0 aliphatic heterocycles. The molecule has 5 heteroatoms. The molecular weight excluding hydrogens is 254 g/mol. The average Bonchev–Trinajstić information content (AvgIpc) is 2.47. The van der Waals surface area contributed by atoms with E-state index in [1.165, 1.54) is 0 Å². The van der Waals surface area contributed by atoms with E-state index in [9.17, 15) is 0 Å². The van der Waals surface area contributed by atoms with Gasteiger partial charge in [-0.05, 0) is 45.7 Å². The van der Waals surface area contributed by atoms with Crippen molar-refractivity contribution in [1.29, 1.82) is 0 Å². The number of ether oxygens (including phenoxy) is 2. The van der Waals surface area contributed by atoms with Crippen molar-refractivity contribution in [1.82, 2.24) is 15.5 Å². The van der Waals surface area contributed by atoms with Gasteiger partial charge in [-0.3, -0.25) is 0 Å². The normalized spacial score (nSPS) is 13.2. The maximum absolute atomic E-state index is 5.48. The topological polar surface area (TPSA) is 56.3 Å². The van der Waals surface area contributed by atoms with Crippen LogP contribution in [-0.4, -0.2) is 36.6 Å². The van der Waals surface area contributed by atoms with E-state index in [4.69, 9.17) is 9.47 Å². The first-order valence-corrected chi connectivity index (χ1v) is 7.18. The number of aromatic nitrogens is 2. The van der Waals surface area contributed by atoms with E-state index < -0.39 is 0 Å². The predicted octanol–water partition coefficient (Wildman–Crippen LogP) is 2.73. The molecule has 0 fully saturated rings. The summed E-state index contributed by atoms with van der Waals surface area (Å²) in [5.74, 6) is 0.542. The number of rotatable bonds is 9. The molecule has 0 bridgehead atoms. The minimum absolute atomic E-state index is 0.119. The Morgan fingerprint density at radius 1 is 1.25 bits per heavy atom.